The molecule has 0 atom stereocenters. The molecule has 80 valence electrons. The van der Waals surface area contributed by atoms with E-state index in [4.69, 9.17) is 35.4 Å². The number of anilines is 1. The topological polar surface area (TPSA) is 24.1 Å². The molecule has 1 aromatic rings. The average Bonchev–Trinajstić information content (AvgIpc) is 2.85. The number of rotatable bonds is 2. The second-order valence-corrected chi connectivity index (χ2v) is 4.81. The lowest BCUT2D eigenvalue weighted by molar-refractivity contribution is 0.919. The summed E-state index contributed by atoms with van der Waals surface area (Å²) >= 11 is 16.9. The number of benzene rings is 1. The third kappa shape index (κ3) is 3.52. The van der Waals surface area contributed by atoms with Crippen molar-refractivity contribution in [3.63, 3.8) is 0 Å². The van der Waals surface area contributed by atoms with Crippen molar-refractivity contribution in [1.82, 2.24) is 5.32 Å². The highest BCUT2D eigenvalue weighted by Gasteiger charge is 2.21. The highest BCUT2D eigenvalue weighted by molar-refractivity contribution is 7.80. The Kier molecular flexibility index (Phi) is 3.34. The van der Waals surface area contributed by atoms with Gasteiger partial charge in [0.25, 0.3) is 0 Å². The fourth-order valence-electron chi connectivity index (χ4n) is 1.21. The van der Waals surface area contributed by atoms with Gasteiger partial charge in [0.15, 0.2) is 5.11 Å². The van der Waals surface area contributed by atoms with E-state index in [1.807, 2.05) is 0 Å². The highest BCUT2D eigenvalue weighted by Crippen LogP contribution is 2.23. The quantitative estimate of drug-likeness (QED) is 0.797. The Morgan fingerprint density at radius 1 is 1.20 bits per heavy atom. The average molecular weight is 261 g/mol. The maximum Gasteiger partial charge on any atom is 0.170 e. The van der Waals surface area contributed by atoms with Crippen LogP contribution in [-0.2, 0) is 0 Å². The minimum atomic E-state index is 0.541. The van der Waals surface area contributed by atoms with Gasteiger partial charge in [-0.1, -0.05) is 23.2 Å². The molecule has 0 saturated heterocycles. The molecule has 2 rings (SSSR count). The Labute approximate surface area is 104 Å². The van der Waals surface area contributed by atoms with E-state index in [9.17, 15) is 0 Å². The predicted molar refractivity (Wildman–Crippen MR) is 68.8 cm³/mol. The Bertz CT molecular complexity index is 371. The van der Waals surface area contributed by atoms with E-state index in [1.54, 1.807) is 18.2 Å². The smallest absolute Gasteiger partial charge is 0.170 e. The van der Waals surface area contributed by atoms with E-state index in [-0.39, 0.29) is 0 Å². The van der Waals surface area contributed by atoms with Gasteiger partial charge in [-0.25, -0.2) is 0 Å². The van der Waals surface area contributed by atoms with Crippen LogP contribution in [0.2, 0.25) is 10.0 Å². The second-order valence-electron chi connectivity index (χ2n) is 3.53. The summed E-state index contributed by atoms with van der Waals surface area (Å²) in [7, 11) is 0. The molecule has 1 saturated carbocycles. The Morgan fingerprint density at radius 3 is 2.33 bits per heavy atom. The molecule has 0 bridgehead atoms. The van der Waals surface area contributed by atoms with Crippen molar-refractivity contribution >= 4 is 46.2 Å². The first-order valence-corrected chi connectivity index (χ1v) is 5.83. The van der Waals surface area contributed by atoms with E-state index < -0.39 is 0 Å². The molecule has 2 nitrogen and oxygen atoms in total. The first kappa shape index (κ1) is 11.0. The molecule has 2 N–H and O–H groups in total. The molecule has 0 aliphatic heterocycles. The zero-order chi connectivity index (χ0) is 10.8. The molecule has 5 heteroatoms. The number of hydrogen-bond acceptors (Lipinski definition) is 1. The van der Waals surface area contributed by atoms with E-state index in [1.165, 1.54) is 12.8 Å². The van der Waals surface area contributed by atoms with Crippen LogP contribution in [-0.4, -0.2) is 11.2 Å². The van der Waals surface area contributed by atoms with Crippen LogP contribution in [0, 0.1) is 0 Å². The molecule has 0 radical (unpaired) electrons. The summed E-state index contributed by atoms with van der Waals surface area (Å²) < 4.78 is 0. The molecule has 1 aliphatic rings. The van der Waals surface area contributed by atoms with Crippen LogP contribution in [0.3, 0.4) is 0 Å². The largest absolute Gasteiger partial charge is 0.360 e. The van der Waals surface area contributed by atoms with Gasteiger partial charge in [-0.3, -0.25) is 0 Å². The molecule has 0 amide bonds. The van der Waals surface area contributed by atoms with E-state index in [2.05, 4.69) is 10.6 Å². The van der Waals surface area contributed by atoms with Gasteiger partial charge in [-0.05, 0) is 43.3 Å². The Morgan fingerprint density at radius 2 is 1.80 bits per heavy atom. The minimum Gasteiger partial charge on any atom is -0.360 e. The molecule has 0 aromatic heterocycles. The second kappa shape index (κ2) is 4.56. The first-order chi connectivity index (χ1) is 7.13. The lowest BCUT2D eigenvalue weighted by atomic mass is 10.3. The van der Waals surface area contributed by atoms with Crippen LogP contribution >= 0.6 is 35.4 Å². The molecule has 0 heterocycles. The van der Waals surface area contributed by atoms with Crippen LogP contribution in [0.25, 0.3) is 0 Å². The Balaban J connectivity index is 1.99. The van der Waals surface area contributed by atoms with Crippen molar-refractivity contribution in [3.8, 4) is 0 Å². The van der Waals surface area contributed by atoms with Crippen molar-refractivity contribution in [2.75, 3.05) is 5.32 Å². The fraction of sp³-hybridized carbons (Fsp3) is 0.300. The van der Waals surface area contributed by atoms with Crippen molar-refractivity contribution in [3.05, 3.63) is 28.2 Å². The van der Waals surface area contributed by atoms with Gasteiger partial charge in [0.05, 0.1) is 0 Å². The van der Waals surface area contributed by atoms with Gasteiger partial charge < -0.3 is 10.6 Å². The molecule has 0 spiro atoms. The van der Waals surface area contributed by atoms with Gasteiger partial charge in [0, 0.05) is 21.8 Å². The monoisotopic (exact) mass is 260 g/mol. The van der Waals surface area contributed by atoms with Gasteiger partial charge >= 0.3 is 0 Å². The third-order valence-electron chi connectivity index (χ3n) is 2.03. The fourth-order valence-corrected chi connectivity index (χ4v) is 2.02. The van der Waals surface area contributed by atoms with E-state index in [0.717, 1.165) is 5.69 Å². The van der Waals surface area contributed by atoms with Crippen LogP contribution in [0.4, 0.5) is 5.69 Å². The minimum absolute atomic E-state index is 0.541. The SMILES string of the molecule is S=C(Nc1cc(Cl)cc(Cl)c1)NC1CC1. The molecular formula is C10H10Cl2N2S. The number of nitrogens with one attached hydrogen (secondary N) is 2. The maximum absolute atomic E-state index is 5.86. The Hall–Kier alpha value is -0.510. The summed E-state index contributed by atoms with van der Waals surface area (Å²) in [6.07, 6.45) is 2.39. The zero-order valence-electron chi connectivity index (χ0n) is 7.89. The highest BCUT2D eigenvalue weighted by atomic mass is 35.5. The number of thiocarbonyl (C=S) groups is 1. The summed E-state index contributed by atoms with van der Waals surface area (Å²) in [4.78, 5) is 0. The van der Waals surface area contributed by atoms with Crippen molar-refractivity contribution < 1.29 is 0 Å². The van der Waals surface area contributed by atoms with Crippen LogP contribution < -0.4 is 10.6 Å². The van der Waals surface area contributed by atoms with Crippen molar-refractivity contribution in [2.45, 2.75) is 18.9 Å². The van der Waals surface area contributed by atoms with E-state index in [0.29, 0.717) is 21.2 Å². The summed E-state index contributed by atoms with van der Waals surface area (Å²) in [5.74, 6) is 0. The normalized spacial score (nSPS) is 14.8. The molecular weight excluding hydrogens is 251 g/mol. The van der Waals surface area contributed by atoms with Gasteiger partial charge in [-0.15, -0.1) is 0 Å². The molecule has 1 aliphatic carbocycles. The lowest BCUT2D eigenvalue weighted by Crippen LogP contribution is -2.30. The third-order valence-corrected chi connectivity index (χ3v) is 2.69. The van der Waals surface area contributed by atoms with Crippen LogP contribution in [0.1, 0.15) is 12.8 Å². The standard InChI is InChI=1S/C10H10Cl2N2S/c11-6-3-7(12)5-9(4-6)14-10(15)13-8-1-2-8/h3-5,8H,1-2H2,(H2,13,14,15). The molecule has 1 fully saturated rings. The number of halogens is 2. The lowest BCUT2D eigenvalue weighted by Gasteiger charge is -2.10. The number of hydrogen-bond donors (Lipinski definition) is 2. The molecule has 1 aromatic carbocycles. The van der Waals surface area contributed by atoms with Crippen molar-refractivity contribution in [1.29, 1.82) is 0 Å². The predicted octanol–water partition coefficient (Wildman–Crippen LogP) is 3.44. The van der Waals surface area contributed by atoms with Gasteiger partial charge in [-0.2, -0.15) is 0 Å². The summed E-state index contributed by atoms with van der Waals surface area (Å²) in [5.41, 5.74) is 0.811. The maximum atomic E-state index is 5.86. The van der Waals surface area contributed by atoms with Crippen LogP contribution in [0.15, 0.2) is 18.2 Å². The zero-order valence-corrected chi connectivity index (χ0v) is 10.2. The molecule has 0 unspecified atom stereocenters. The van der Waals surface area contributed by atoms with E-state index >= 15 is 0 Å². The van der Waals surface area contributed by atoms with Gasteiger partial charge in [0.2, 0.25) is 0 Å². The summed E-state index contributed by atoms with van der Waals surface area (Å²) in [5, 5.41) is 8.04. The summed E-state index contributed by atoms with van der Waals surface area (Å²) in [6, 6.07) is 5.80. The van der Waals surface area contributed by atoms with Crippen molar-refractivity contribution in [2.24, 2.45) is 0 Å². The molecule has 15 heavy (non-hydrogen) atoms. The van der Waals surface area contributed by atoms with Gasteiger partial charge in [0.1, 0.15) is 0 Å². The van der Waals surface area contributed by atoms with Crippen LogP contribution in [0.5, 0.6) is 0 Å². The first-order valence-electron chi connectivity index (χ1n) is 4.67. The summed E-state index contributed by atoms with van der Waals surface area (Å²) in [6.45, 7) is 0.